The normalized spacial score (nSPS) is 11.9. The van der Waals surface area contributed by atoms with Gasteiger partial charge in [-0.2, -0.15) is 14.6 Å². The molecule has 0 aliphatic rings. The van der Waals surface area contributed by atoms with Crippen molar-refractivity contribution in [1.82, 2.24) is 24.4 Å². The van der Waals surface area contributed by atoms with Gasteiger partial charge < -0.3 is 4.74 Å². The lowest BCUT2D eigenvalue weighted by Crippen LogP contribution is -2.23. The third kappa shape index (κ3) is 4.83. The molecule has 0 saturated carbocycles. The number of ether oxygens (including phenoxy) is 1. The minimum atomic E-state index is -0.263. The first-order chi connectivity index (χ1) is 18.9. The smallest absolute Gasteiger partial charge is 0.291 e. The van der Waals surface area contributed by atoms with Gasteiger partial charge in [0.05, 0.1) is 21.8 Å². The average molecular weight is 574 g/mol. The van der Waals surface area contributed by atoms with Crippen molar-refractivity contribution >= 4 is 45.6 Å². The molecule has 0 N–H and O–H groups in total. The highest BCUT2D eigenvalue weighted by Crippen LogP contribution is 2.31. The van der Waals surface area contributed by atoms with Crippen molar-refractivity contribution in [2.24, 2.45) is 0 Å². The van der Waals surface area contributed by atoms with Crippen LogP contribution in [0.15, 0.2) is 77.7 Å². The average Bonchev–Trinajstić information content (AvgIpc) is 3.60. The van der Waals surface area contributed by atoms with Crippen LogP contribution in [0.25, 0.3) is 39.4 Å². The molecule has 0 amide bonds. The lowest BCUT2D eigenvalue weighted by Gasteiger charge is -2.08. The molecule has 6 aromatic rings. The van der Waals surface area contributed by atoms with E-state index in [2.05, 4.69) is 10.1 Å². The largest absolute Gasteiger partial charge is 0.494 e. The first-order valence-corrected chi connectivity index (χ1v) is 13.7. The Balaban J connectivity index is 1.48. The quantitative estimate of drug-likeness (QED) is 0.236. The zero-order valence-corrected chi connectivity index (χ0v) is 23.3. The van der Waals surface area contributed by atoms with Gasteiger partial charge in [-0.05, 0) is 74.0 Å². The number of fused-ring (bicyclic) bond motifs is 1. The van der Waals surface area contributed by atoms with Gasteiger partial charge in [-0.15, -0.1) is 5.10 Å². The molecule has 3 aromatic heterocycles. The lowest BCUT2D eigenvalue weighted by atomic mass is 10.0. The Kier molecular flexibility index (Phi) is 6.68. The van der Waals surface area contributed by atoms with Crippen LogP contribution < -0.4 is 14.8 Å². The lowest BCUT2D eigenvalue weighted by molar-refractivity contribution is 0.340. The van der Waals surface area contributed by atoms with Gasteiger partial charge in [0.2, 0.25) is 4.96 Å². The van der Waals surface area contributed by atoms with Gasteiger partial charge in [0.1, 0.15) is 11.4 Å². The number of aryl methyl sites for hydroxylation is 1. The molecule has 0 saturated heterocycles. The Morgan fingerprint density at radius 3 is 2.51 bits per heavy atom. The molecule has 39 heavy (non-hydrogen) atoms. The van der Waals surface area contributed by atoms with Crippen LogP contribution in [0, 0.1) is 6.92 Å². The number of hydrogen-bond donors (Lipinski definition) is 0. The molecule has 0 unspecified atom stereocenters. The predicted molar refractivity (Wildman–Crippen MR) is 156 cm³/mol. The van der Waals surface area contributed by atoms with E-state index in [1.54, 1.807) is 18.2 Å². The first-order valence-electron chi connectivity index (χ1n) is 12.2. The fourth-order valence-electron chi connectivity index (χ4n) is 4.33. The van der Waals surface area contributed by atoms with Gasteiger partial charge in [0.15, 0.2) is 5.82 Å². The third-order valence-corrected chi connectivity index (χ3v) is 7.67. The second kappa shape index (κ2) is 10.3. The summed E-state index contributed by atoms with van der Waals surface area (Å²) in [5, 5.41) is 10.3. The van der Waals surface area contributed by atoms with Crippen molar-refractivity contribution in [3.63, 3.8) is 0 Å². The highest BCUT2D eigenvalue weighted by atomic mass is 35.5. The highest BCUT2D eigenvalue weighted by Gasteiger charge is 2.17. The van der Waals surface area contributed by atoms with Crippen LogP contribution in [0.1, 0.15) is 18.1 Å². The van der Waals surface area contributed by atoms with Gasteiger partial charge in [-0.25, -0.2) is 4.68 Å². The van der Waals surface area contributed by atoms with Crippen molar-refractivity contribution < 1.29 is 4.74 Å². The third-order valence-electron chi connectivity index (χ3n) is 6.17. The van der Waals surface area contributed by atoms with Gasteiger partial charge in [0, 0.05) is 27.9 Å². The van der Waals surface area contributed by atoms with Crippen molar-refractivity contribution in [2.75, 3.05) is 6.61 Å². The number of aromatic nitrogens is 5. The number of halogens is 2. The highest BCUT2D eigenvalue weighted by molar-refractivity contribution is 7.15. The number of hydrogen-bond acceptors (Lipinski definition) is 6. The molecule has 0 atom stereocenters. The topological polar surface area (TPSA) is 74.3 Å². The monoisotopic (exact) mass is 573 g/mol. The van der Waals surface area contributed by atoms with E-state index in [1.165, 1.54) is 15.9 Å². The number of thiazole rings is 1. The molecule has 6 rings (SSSR count). The number of benzene rings is 3. The van der Waals surface area contributed by atoms with E-state index < -0.39 is 0 Å². The Hall–Kier alpha value is -3.98. The van der Waals surface area contributed by atoms with E-state index in [4.69, 9.17) is 33.0 Å². The fourth-order valence-corrected chi connectivity index (χ4v) is 5.73. The second-order valence-corrected chi connectivity index (χ2v) is 10.6. The molecular weight excluding hydrogens is 553 g/mol. The van der Waals surface area contributed by atoms with Crippen molar-refractivity contribution in [3.05, 3.63) is 109 Å². The summed E-state index contributed by atoms with van der Waals surface area (Å²) in [5.74, 6) is 1.17. The molecule has 0 spiro atoms. The first kappa shape index (κ1) is 25.3. The van der Waals surface area contributed by atoms with Gasteiger partial charge >= 0.3 is 0 Å². The molecule has 194 valence electrons. The van der Waals surface area contributed by atoms with E-state index in [1.807, 2.05) is 79.3 Å². The minimum absolute atomic E-state index is 0.263. The molecule has 0 aliphatic carbocycles. The molecule has 0 bridgehead atoms. The van der Waals surface area contributed by atoms with Crippen LogP contribution in [0.5, 0.6) is 5.75 Å². The molecule has 7 nitrogen and oxygen atoms in total. The minimum Gasteiger partial charge on any atom is -0.494 e. The van der Waals surface area contributed by atoms with Crippen LogP contribution in [0.4, 0.5) is 0 Å². The predicted octanol–water partition coefficient (Wildman–Crippen LogP) is 6.23. The maximum atomic E-state index is 13.4. The summed E-state index contributed by atoms with van der Waals surface area (Å²) in [4.78, 5) is 18.4. The van der Waals surface area contributed by atoms with Crippen LogP contribution in [-0.4, -0.2) is 31.0 Å². The van der Waals surface area contributed by atoms with Crippen LogP contribution in [0.3, 0.4) is 0 Å². The van der Waals surface area contributed by atoms with E-state index in [9.17, 15) is 4.79 Å². The summed E-state index contributed by atoms with van der Waals surface area (Å²) in [6.45, 7) is 4.57. The molecule has 3 aromatic carbocycles. The maximum absolute atomic E-state index is 13.4. The number of nitrogens with zero attached hydrogens (tertiary/aromatic N) is 5. The van der Waals surface area contributed by atoms with Gasteiger partial charge in [0.25, 0.3) is 5.56 Å². The summed E-state index contributed by atoms with van der Waals surface area (Å²) in [7, 11) is 0. The van der Waals surface area contributed by atoms with Crippen molar-refractivity contribution in [2.45, 2.75) is 13.8 Å². The molecule has 0 fully saturated rings. The zero-order valence-electron chi connectivity index (χ0n) is 20.9. The summed E-state index contributed by atoms with van der Waals surface area (Å²) in [6.07, 6.45) is 3.77. The summed E-state index contributed by atoms with van der Waals surface area (Å²) in [5.41, 5.74) is 4.78. The summed E-state index contributed by atoms with van der Waals surface area (Å²) >= 11 is 13.6. The van der Waals surface area contributed by atoms with E-state index in [-0.39, 0.29) is 5.56 Å². The van der Waals surface area contributed by atoms with Crippen LogP contribution >= 0.6 is 34.5 Å². The standard InChI is InChI=1S/C29H21Cl2N5O2S/c1-3-38-21-10-12-22(17(2)13-21)26-18(16-35(33-26)20-7-5-4-6-8-20)14-25-28(37)36-29(39-25)32-27(34-36)23-11-9-19(30)15-24(23)31/h4-16H,3H2,1-2H3/b25-14-. The van der Waals surface area contributed by atoms with E-state index >= 15 is 0 Å². The van der Waals surface area contributed by atoms with Crippen LogP contribution in [-0.2, 0) is 0 Å². The summed E-state index contributed by atoms with van der Waals surface area (Å²) < 4.78 is 9.29. The Bertz CT molecular complexity index is 1950. The molecule has 10 heteroatoms. The number of rotatable bonds is 6. The fraction of sp³-hybridized carbons (Fsp3) is 0.103. The summed E-state index contributed by atoms with van der Waals surface area (Å²) in [6, 6.07) is 20.9. The van der Waals surface area contributed by atoms with Gasteiger partial charge in [-0.3, -0.25) is 4.79 Å². The van der Waals surface area contributed by atoms with Crippen molar-refractivity contribution in [3.8, 4) is 34.1 Å². The Morgan fingerprint density at radius 1 is 1.00 bits per heavy atom. The number of para-hydroxylation sites is 1. The molecular formula is C29H21Cl2N5O2S. The van der Waals surface area contributed by atoms with Crippen LogP contribution in [0.2, 0.25) is 10.0 Å². The van der Waals surface area contributed by atoms with Gasteiger partial charge in [-0.1, -0.05) is 52.7 Å². The maximum Gasteiger partial charge on any atom is 0.291 e. The molecule has 3 heterocycles. The Labute approximate surface area is 237 Å². The van der Waals surface area contributed by atoms with Crippen molar-refractivity contribution in [1.29, 1.82) is 0 Å². The van der Waals surface area contributed by atoms with E-state index in [0.29, 0.717) is 37.5 Å². The van der Waals surface area contributed by atoms with E-state index in [0.717, 1.165) is 33.8 Å². The zero-order chi connectivity index (χ0) is 27.1. The Morgan fingerprint density at radius 2 is 1.79 bits per heavy atom. The molecule has 0 aliphatic heterocycles. The SMILES string of the molecule is CCOc1ccc(-c2nn(-c3ccccc3)cc2/C=c2\sc3nc(-c4ccc(Cl)cc4Cl)nn3c2=O)c(C)c1. The molecule has 0 radical (unpaired) electrons. The second-order valence-electron chi connectivity index (χ2n) is 8.79.